The Kier molecular flexibility index (Phi) is 4.48. The van der Waals surface area contributed by atoms with Crippen LogP contribution in [0.15, 0.2) is 18.2 Å². The molecule has 3 heteroatoms. The van der Waals surface area contributed by atoms with Gasteiger partial charge in [0.2, 0.25) is 0 Å². The fourth-order valence-electron chi connectivity index (χ4n) is 2.65. The van der Waals surface area contributed by atoms with Gasteiger partial charge in [-0.25, -0.2) is 0 Å². The fourth-order valence-corrected chi connectivity index (χ4v) is 2.65. The van der Waals surface area contributed by atoms with E-state index in [0.717, 1.165) is 23.9 Å². The van der Waals surface area contributed by atoms with E-state index in [1.165, 1.54) is 31.7 Å². The molecule has 1 fully saturated rings. The van der Waals surface area contributed by atoms with Crippen molar-refractivity contribution in [3.05, 3.63) is 23.8 Å². The highest BCUT2D eigenvalue weighted by Crippen LogP contribution is 2.28. The summed E-state index contributed by atoms with van der Waals surface area (Å²) in [6.07, 6.45) is 5.32. The summed E-state index contributed by atoms with van der Waals surface area (Å²) in [5.41, 5.74) is 0.844. The van der Waals surface area contributed by atoms with Crippen LogP contribution >= 0.6 is 0 Å². The molecule has 0 aromatic heterocycles. The van der Waals surface area contributed by atoms with Gasteiger partial charge in [0.25, 0.3) is 0 Å². The number of hydrogen-bond acceptors (Lipinski definition) is 3. The molecule has 1 aliphatic rings. The van der Waals surface area contributed by atoms with Crippen LogP contribution in [0.3, 0.4) is 0 Å². The van der Waals surface area contributed by atoms with Crippen LogP contribution in [0.1, 0.15) is 38.2 Å². The number of aromatic hydroxyl groups is 2. The lowest BCUT2D eigenvalue weighted by Gasteiger charge is -2.26. The molecule has 0 spiro atoms. The third-order valence-corrected chi connectivity index (χ3v) is 3.95. The molecule has 0 atom stereocenters. The summed E-state index contributed by atoms with van der Waals surface area (Å²) in [6, 6.07) is 4.76. The highest BCUT2D eigenvalue weighted by molar-refractivity contribution is 5.38. The van der Waals surface area contributed by atoms with Crippen LogP contribution in [0.25, 0.3) is 0 Å². The highest BCUT2D eigenvalue weighted by atomic mass is 16.3. The molecule has 0 heterocycles. The maximum Gasteiger partial charge on any atom is 0.123 e. The van der Waals surface area contributed by atoms with Gasteiger partial charge in [0.05, 0.1) is 0 Å². The second kappa shape index (κ2) is 6.10. The van der Waals surface area contributed by atoms with Crippen LogP contribution in [0.2, 0.25) is 0 Å². The normalized spacial score (nSPS) is 24.1. The van der Waals surface area contributed by atoms with Gasteiger partial charge in [-0.2, -0.15) is 0 Å². The maximum atomic E-state index is 9.66. The molecule has 1 aliphatic carbocycles. The van der Waals surface area contributed by atoms with E-state index in [9.17, 15) is 10.2 Å². The van der Waals surface area contributed by atoms with Crippen molar-refractivity contribution in [1.82, 2.24) is 5.32 Å². The number of phenols is 2. The minimum atomic E-state index is 0.109. The molecule has 2 rings (SSSR count). The van der Waals surface area contributed by atoms with Crippen LogP contribution in [-0.4, -0.2) is 16.8 Å². The monoisotopic (exact) mass is 249 g/mol. The molecule has 18 heavy (non-hydrogen) atoms. The number of benzene rings is 1. The predicted molar refractivity (Wildman–Crippen MR) is 72.6 cm³/mol. The zero-order valence-corrected chi connectivity index (χ0v) is 11.0. The van der Waals surface area contributed by atoms with Crippen LogP contribution in [0, 0.1) is 11.8 Å². The van der Waals surface area contributed by atoms with Crippen molar-refractivity contribution in [2.75, 3.05) is 6.54 Å². The topological polar surface area (TPSA) is 52.5 Å². The molecule has 0 unspecified atom stereocenters. The van der Waals surface area contributed by atoms with Crippen molar-refractivity contribution in [3.8, 4) is 11.5 Å². The second-order valence-corrected chi connectivity index (χ2v) is 5.57. The van der Waals surface area contributed by atoms with Gasteiger partial charge in [-0.05, 0) is 37.3 Å². The first-order valence-corrected chi connectivity index (χ1v) is 6.86. The molecular formula is C15H23NO2. The Morgan fingerprint density at radius 2 is 1.89 bits per heavy atom. The third kappa shape index (κ3) is 3.64. The zero-order chi connectivity index (χ0) is 13.0. The molecule has 3 N–H and O–H groups in total. The average molecular weight is 249 g/mol. The minimum Gasteiger partial charge on any atom is -0.508 e. The summed E-state index contributed by atoms with van der Waals surface area (Å²) < 4.78 is 0. The van der Waals surface area contributed by atoms with E-state index in [4.69, 9.17) is 0 Å². The molecule has 0 saturated heterocycles. The van der Waals surface area contributed by atoms with Gasteiger partial charge in [0.1, 0.15) is 11.5 Å². The predicted octanol–water partition coefficient (Wildman–Crippen LogP) is 3.01. The fraction of sp³-hybridized carbons (Fsp3) is 0.600. The summed E-state index contributed by atoms with van der Waals surface area (Å²) in [6.45, 7) is 4.02. The molecule has 1 saturated carbocycles. The van der Waals surface area contributed by atoms with E-state index in [1.807, 2.05) is 0 Å². The van der Waals surface area contributed by atoms with E-state index in [1.54, 1.807) is 12.1 Å². The smallest absolute Gasteiger partial charge is 0.123 e. The van der Waals surface area contributed by atoms with E-state index >= 15 is 0 Å². The second-order valence-electron chi connectivity index (χ2n) is 5.57. The standard InChI is InChI=1S/C15H23NO2/c1-11-2-4-12(5-3-11)9-16-10-13-6-7-14(17)8-15(13)18/h6-8,11-12,16-18H,2-5,9-10H2,1H3. The van der Waals surface area contributed by atoms with Gasteiger partial charge in [0, 0.05) is 18.2 Å². The molecule has 0 aliphatic heterocycles. The lowest BCUT2D eigenvalue weighted by Crippen LogP contribution is -2.25. The molecular weight excluding hydrogens is 226 g/mol. The first kappa shape index (κ1) is 13.2. The average Bonchev–Trinajstić information content (AvgIpc) is 2.34. The number of hydrogen-bond donors (Lipinski definition) is 3. The van der Waals surface area contributed by atoms with Gasteiger partial charge < -0.3 is 15.5 Å². The summed E-state index contributed by atoms with van der Waals surface area (Å²) in [7, 11) is 0. The highest BCUT2D eigenvalue weighted by Gasteiger charge is 2.17. The van der Waals surface area contributed by atoms with E-state index in [0.29, 0.717) is 6.54 Å². The quantitative estimate of drug-likeness (QED) is 0.769. The van der Waals surface area contributed by atoms with Crippen molar-refractivity contribution in [2.24, 2.45) is 11.8 Å². The molecule has 0 radical (unpaired) electrons. The molecule has 1 aromatic carbocycles. The summed E-state index contributed by atoms with van der Waals surface area (Å²) in [5.74, 6) is 1.94. The molecule has 0 amide bonds. The largest absolute Gasteiger partial charge is 0.508 e. The van der Waals surface area contributed by atoms with E-state index in [-0.39, 0.29) is 11.5 Å². The first-order valence-electron chi connectivity index (χ1n) is 6.86. The molecule has 0 bridgehead atoms. The first-order chi connectivity index (χ1) is 8.65. The zero-order valence-electron chi connectivity index (χ0n) is 11.0. The Hall–Kier alpha value is -1.22. The number of phenolic OH excluding ortho intramolecular Hbond substituents is 2. The van der Waals surface area contributed by atoms with Crippen LogP contribution in [-0.2, 0) is 6.54 Å². The Morgan fingerprint density at radius 1 is 1.17 bits per heavy atom. The van der Waals surface area contributed by atoms with E-state index < -0.39 is 0 Å². The Morgan fingerprint density at radius 3 is 2.56 bits per heavy atom. The van der Waals surface area contributed by atoms with E-state index in [2.05, 4.69) is 12.2 Å². The third-order valence-electron chi connectivity index (χ3n) is 3.95. The lowest BCUT2D eigenvalue weighted by molar-refractivity contribution is 0.281. The van der Waals surface area contributed by atoms with Crippen molar-refractivity contribution in [2.45, 2.75) is 39.2 Å². The molecule has 100 valence electrons. The van der Waals surface area contributed by atoms with Crippen molar-refractivity contribution >= 4 is 0 Å². The van der Waals surface area contributed by atoms with Crippen LogP contribution in [0.5, 0.6) is 11.5 Å². The van der Waals surface area contributed by atoms with Gasteiger partial charge in [-0.3, -0.25) is 0 Å². The van der Waals surface area contributed by atoms with Crippen molar-refractivity contribution < 1.29 is 10.2 Å². The van der Waals surface area contributed by atoms with Crippen LogP contribution in [0.4, 0.5) is 0 Å². The number of rotatable bonds is 4. The minimum absolute atomic E-state index is 0.109. The van der Waals surface area contributed by atoms with Crippen molar-refractivity contribution in [3.63, 3.8) is 0 Å². The van der Waals surface area contributed by atoms with Crippen molar-refractivity contribution in [1.29, 1.82) is 0 Å². The summed E-state index contributed by atoms with van der Waals surface area (Å²) in [5, 5.41) is 22.3. The Balaban J connectivity index is 1.75. The van der Waals surface area contributed by atoms with Gasteiger partial charge in [-0.15, -0.1) is 0 Å². The SMILES string of the molecule is CC1CCC(CNCc2ccc(O)cc2O)CC1. The van der Waals surface area contributed by atoms with Crippen LogP contribution < -0.4 is 5.32 Å². The molecule has 1 aromatic rings. The van der Waals surface area contributed by atoms with Gasteiger partial charge in [0.15, 0.2) is 0 Å². The van der Waals surface area contributed by atoms with Gasteiger partial charge in [-0.1, -0.05) is 25.8 Å². The summed E-state index contributed by atoms with van der Waals surface area (Å²) >= 11 is 0. The van der Waals surface area contributed by atoms with Gasteiger partial charge >= 0.3 is 0 Å². The Bertz CT molecular complexity index is 384. The lowest BCUT2D eigenvalue weighted by atomic mass is 9.83. The number of nitrogens with one attached hydrogen (secondary N) is 1. The maximum absolute atomic E-state index is 9.66. The Labute approximate surface area is 109 Å². The summed E-state index contributed by atoms with van der Waals surface area (Å²) in [4.78, 5) is 0. The molecule has 3 nitrogen and oxygen atoms in total.